The van der Waals surface area contributed by atoms with E-state index in [1.165, 1.54) is 4.90 Å². The molecule has 1 amide bonds. The van der Waals surface area contributed by atoms with Gasteiger partial charge in [-0.2, -0.15) is 11.8 Å². The normalized spacial score (nSPS) is 32.5. The van der Waals surface area contributed by atoms with E-state index in [2.05, 4.69) is 19.6 Å². The number of rotatable bonds is 4. The van der Waals surface area contributed by atoms with Gasteiger partial charge in [0.1, 0.15) is 5.70 Å². The van der Waals surface area contributed by atoms with E-state index >= 15 is 0 Å². The van der Waals surface area contributed by atoms with Crippen molar-refractivity contribution in [1.82, 2.24) is 4.90 Å². The van der Waals surface area contributed by atoms with Crippen LogP contribution in [-0.2, 0) is 14.0 Å². The summed E-state index contributed by atoms with van der Waals surface area (Å²) in [5, 5.41) is 9.67. The number of amides is 1. The van der Waals surface area contributed by atoms with E-state index in [4.69, 9.17) is 4.43 Å². The largest absolute Gasteiger partial charge is 0.477 e. The second-order valence-electron chi connectivity index (χ2n) is 7.23. The molecular weight excluding hydrogens is 318 g/mol. The molecule has 22 heavy (non-hydrogen) atoms. The lowest BCUT2D eigenvalue weighted by Gasteiger charge is -2.49. The van der Waals surface area contributed by atoms with Crippen molar-refractivity contribution in [2.45, 2.75) is 56.8 Å². The summed E-state index contributed by atoms with van der Waals surface area (Å²) < 4.78 is 6.11. The van der Waals surface area contributed by atoms with Gasteiger partial charge in [-0.3, -0.25) is 4.79 Å². The number of thioether (sulfide) groups is 1. The molecule has 3 aliphatic heterocycles. The van der Waals surface area contributed by atoms with Crippen molar-refractivity contribution in [3.05, 3.63) is 11.3 Å². The van der Waals surface area contributed by atoms with E-state index in [0.717, 1.165) is 24.2 Å². The Morgan fingerprint density at radius 2 is 2.14 bits per heavy atom. The highest BCUT2D eigenvalue weighted by atomic mass is 32.2. The highest BCUT2D eigenvalue weighted by Crippen LogP contribution is 2.52. The molecule has 4 atom stereocenters. The summed E-state index contributed by atoms with van der Waals surface area (Å²) in [6.45, 7) is 8.30. The van der Waals surface area contributed by atoms with Crippen LogP contribution in [0.15, 0.2) is 11.3 Å². The number of carbonyl (C=O) groups is 2. The predicted molar refractivity (Wildman–Crippen MR) is 88.2 cm³/mol. The molecule has 122 valence electrons. The summed E-state index contributed by atoms with van der Waals surface area (Å²) in [5.41, 5.74) is 1.22. The van der Waals surface area contributed by atoms with E-state index in [9.17, 15) is 14.7 Å². The van der Waals surface area contributed by atoms with Crippen LogP contribution in [0.2, 0.25) is 19.6 Å². The maximum Gasteiger partial charge on any atom is 0.352 e. The molecule has 2 fully saturated rings. The number of fused-ring (bicyclic) bond motifs is 3. The minimum absolute atomic E-state index is 0.0229. The van der Waals surface area contributed by atoms with Crippen molar-refractivity contribution in [3.8, 4) is 0 Å². The Balaban J connectivity index is 1.87. The average Bonchev–Trinajstić information content (AvgIpc) is 2.68. The third kappa shape index (κ3) is 2.43. The summed E-state index contributed by atoms with van der Waals surface area (Å²) in [5.74, 6) is -0.198. The third-order valence-corrected chi connectivity index (χ3v) is 7.05. The molecular formula is C15H23NO4SSi. The van der Waals surface area contributed by atoms with Crippen LogP contribution >= 0.6 is 11.8 Å². The fraction of sp³-hybridized carbons (Fsp3) is 0.733. The fourth-order valence-corrected chi connectivity index (χ4v) is 6.64. The monoisotopic (exact) mass is 341 g/mol. The predicted octanol–water partition coefficient (Wildman–Crippen LogP) is 2.30. The second-order valence-corrected chi connectivity index (χ2v) is 12.9. The van der Waals surface area contributed by atoms with Crippen LogP contribution in [-0.4, -0.2) is 53.3 Å². The molecule has 0 aromatic carbocycles. The standard InChI is InChI=1S/C15H23NO4SSi/c1-8(20-22(2,3)4)10-12-13-9(6-5-7-21-13)11(15(18)19)16(12)14(10)17/h8,10,12-13H,5-7H2,1-4H3,(H,18,19)/t8-,10-,12+,13+/m1/s1. The number of nitrogens with zero attached hydrogens (tertiary/aromatic N) is 1. The topological polar surface area (TPSA) is 66.8 Å². The highest BCUT2D eigenvalue weighted by Gasteiger charge is 2.62. The van der Waals surface area contributed by atoms with Crippen molar-refractivity contribution in [1.29, 1.82) is 0 Å². The van der Waals surface area contributed by atoms with E-state index < -0.39 is 14.3 Å². The van der Waals surface area contributed by atoms with Gasteiger partial charge in [-0.1, -0.05) is 0 Å². The Labute approximate surface area is 136 Å². The van der Waals surface area contributed by atoms with Crippen LogP contribution in [0.25, 0.3) is 0 Å². The zero-order valence-corrected chi connectivity index (χ0v) is 15.3. The second kappa shape index (κ2) is 5.38. The molecule has 0 bridgehead atoms. The van der Waals surface area contributed by atoms with Gasteiger partial charge in [0, 0.05) is 5.25 Å². The molecule has 5 nitrogen and oxygen atoms in total. The summed E-state index contributed by atoms with van der Waals surface area (Å²) >= 11 is 1.80. The zero-order valence-electron chi connectivity index (χ0n) is 13.5. The van der Waals surface area contributed by atoms with Crippen molar-refractivity contribution in [2.75, 3.05) is 5.75 Å². The first-order valence-corrected chi connectivity index (χ1v) is 12.3. The van der Waals surface area contributed by atoms with Crippen LogP contribution in [0.3, 0.4) is 0 Å². The van der Waals surface area contributed by atoms with Crippen LogP contribution in [0, 0.1) is 5.92 Å². The van der Waals surface area contributed by atoms with Crippen LogP contribution < -0.4 is 0 Å². The smallest absolute Gasteiger partial charge is 0.352 e. The minimum Gasteiger partial charge on any atom is -0.477 e. The number of hydrogen-bond acceptors (Lipinski definition) is 4. The molecule has 0 aliphatic carbocycles. The first-order chi connectivity index (χ1) is 10.2. The van der Waals surface area contributed by atoms with E-state index in [-0.39, 0.29) is 34.9 Å². The average molecular weight is 342 g/mol. The van der Waals surface area contributed by atoms with Gasteiger partial charge in [-0.25, -0.2) is 4.79 Å². The Bertz CT molecular complexity index is 556. The lowest BCUT2D eigenvalue weighted by molar-refractivity contribution is -0.160. The molecule has 0 saturated carbocycles. The first kappa shape index (κ1) is 16.1. The maximum absolute atomic E-state index is 12.6. The molecule has 0 unspecified atom stereocenters. The first-order valence-electron chi connectivity index (χ1n) is 7.81. The maximum atomic E-state index is 12.6. The number of carbonyl (C=O) groups excluding carboxylic acids is 1. The number of carboxylic acids is 1. The molecule has 7 heteroatoms. The van der Waals surface area contributed by atoms with E-state index in [1.807, 2.05) is 6.92 Å². The van der Waals surface area contributed by atoms with Gasteiger partial charge in [-0.05, 0) is 50.7 Å². The SMILES string of the molecule is C[C@@H](O[Si](C)(C)C)[C@H]1C(=O)N2C(C(=O)O)=C3CCCS[C@@H]3[C@H]12. The number of hydrogen-bond donors (Lipinski definition) is 1. The lowest BCUT2D eigenvalue weighted by Crippen LogP contribution is -2.65. The zero-order chi connectivity index (χ0) is 16.2. The minimum atomic E-state index is -1.73. The summed E-state index contributed by atoms with van der Waals surface area (Å²) in [7, 11) is -1.73. The van der Waals surface area contributed by atoms with Crippen LogP contribution in [0.1, 0.15) is 19.8 Å². The Hall–Kier alpha value is -0.793. The summed E-state index contributed by atoms with van der Waals surface area (Å²) in [6.07, 6.45) is 1.65. The fourth-order valence-electron chi connectivity index (χ4n) is 3.89. The van der Waals surface area contributed by atoms with Gasteiger partial charge in [-0.15, -0.1) is 0 Å². The molecule has 0 spiro atoms. The number of β-lactam (4-membered cyclic amide) rings is 1. The van der Waals surface area contributed by atoms with Gasteiger partial charge in [0.2, 0.25) is 5.91 Å². The third-order valence-electron chi connectivity index (χ3n) is 4.52. The summed E-state index contributed by atoms with van der Waals surface area (Å²) in [6, 6.07) is -0.0229. The van der Waals surface area contributed by atoms with Gasteiger partial charge in [0.15, 0.2) is 8.32 Å². The van der Waals surface area contributed by atoms with Crippen LogP contribution in [0.4, 0.5) is 0 Å². The van der Waals surface area contributed by atoms with Crippen molar-refractivity contribution >= 4 is 32.0 Å². The molecule has 3 heterocycles. The molecule has 2 saturated heterocycles. The molecule has 0 aromatic rings. The van der Waals surface area contributed by atoms with Crippen LogP contribution in [0.5, 0.6) is 0 Å². The molecule has 0 radical (unpaired) electrons. The summed E-state index contributed by atoms with van der Waals surface area (Å²) in [4.78, 5) is 25.7. The van der Waals surface area contributed by atoms with Gasteiger partial charge < -0.3 is 14.4 Å². The van der Waals surface area contributed by atoms with Gasteiger partial charge >= 0.3 is 5.97 Å². The van der Waals surface area contributed by atoms with E-state index in [1.54, 1.807) is 11.8 Å². The Morgan fingerprint density at radius 1 is 1.45 bits per heavy atom. The van der Waals surface area contributed by atoms with Gasteiger partial charge in [0.25, 0.3) is 0 Å². The lowest BCUT2D eigenvalue weighted by atomic mass is 9.82. The van der Waals surface area contributed by atoms with Crippen molar-refractivity contribution in [3.63, 3.8) is 0 Å². The van der Waals surface area contributed by atoms with E-state index in [0.29, 0.717) is 0 Å². The number of carboxylic acid groups (broad SMARTS) is 1. The molecule has 3 rings (SSSR count). The quantitative estimate of drug-likeness (QED) is 0.628. The highest BCUT2D eigenvalue weighted by molar-refractivity contribution is 8.00. The van der Waals surface area contributed by atoms with Crippen molar-refractivity contribution < 1.29 is 19.1 Å². The van der Waals surface area contributed by atoms with Crippen molar-refractivity contribution in [2.24, 2.45) is 5.92 Å². The molecule has 3 aliphatic rings. The molecule has 0 aromatic heterocycles. The Kier molecular flexibility index (Phi) is 3.94. The Morgan fingerprint density at radius 3 is 2.73 bits per heavy atom. The van der Waals surface area contributed by atoms with Gasteiger partial charge in [0.05, 0.1) is 18.1 Å². The molecule has 1 N–H and O–H groups in total. The number of aliphatic carboxylic acids is 1.